The molecule has 1 rings (SSSR count). The Balaban J connectivity index is 3.04. The Hall–Kier alpha value is -1.66. The predicted octanol–water partition coefficient (Wildman–Crippen LogP) is -1.01. The van der Waals surface area contributed by atoms with E-state index in [1.165, 1.54) is 25.4 Å². The average molecular weight is 227 g/mol. The molecule has 0 radical (unpaired) electrons. The third-order valence-electron chi connectivity index (χ3n) is 2.04. The monoisotopic (exact) mass is 227 g/mol. The van der Waals surface area contributed by atoms with Crippen LogP contribution >= 0.6 is 0 Å². The number of methoxy groups -OCH3 is 1. The molecular weight excluding hydrogens is 214 g/mol. The van der Waals surface area contributed by atoms with Gasteiger partial charge in [-0.25, -0.2) is 4.79 Å². The van der Waals surface area contributed by atoms with Gasteiger partial charge in [0.25, 0.3) is 5.56 Å². The van der Waals surface area contributed by atoms with Crippen molar-refractivity contribution in [3.05, 3.63) is 34.2 Å². The molecule has 0 aromatic carbocycles. The van der Waals surface area contributed by atoms with Crippen molar-refractivity contribution in [3.63, 3.8) is 0 Å². The van der Waals surface area contributed by atoms with Crippen molar-refractivity contribution in [2.75, 3.05) is 13.7 Å². The van der Waals surface area contributed by atoms with Gasteiger partial charge in [-0.15, -0.1) is 0 Å². The lowest BCUT2D eigenvalue weighted by molar-refractivity contribution is 0.0594. The molecule has 6 heteroatoms. The van der Waals surface area contributed by atoms with E-state index in [9.17, 15) is 14.7 Å². The lowest BCUT2D eigenvalue weighted by Crippen LogP contribution is -2.31. The second kappa shape index (κ2) is 5.43. The second-order valence-electron chi connectivity index (χ2n) is 3.21. The number of carbonyl (C=O) groups excluding carboxylic acids is 1. The number of hydrogen-bond acceptors (Lipinski definition) is 5. The van der Waals surface area contributed by atoms with Crippen molar-refractivity contribution in [1.29, 1.82) is 0 Å². The Bertz CT molecular complexity index is 425. The summed E-state index contributed by atoms with van der Waals surface area (Å²) in [6.07, 6.45) is 0.388. The van der Waals surface area contributed by atoms with Gasteiger partial charge in [-0.05, 0) is 12.1 Å². The molecule has 6 nitrogen and oxygen atoms in total. The third kappa shape index (κ3) is 2.68. The molecule has 88 valence electrons. The Labute approximate surface area is 91.7 Å². The molecule has 1 aromatic heterocycles. The molecule has 16 heavy (non-hydrogen) atoms. The Morgan fingerprint density at radius 3 is 2.88 bits per heavy atom. The number of aromatic nitrogens is 1. The molecule has 1 heterocycles. The number of nitrogens with zero attached hydrogens (tertiary/aromatic N) is 1. The zero-order chi connectivity index (χ0) is 12.1. The van der Waals surface area contributed by atoms with E-state index in [1.54, 1.807) is 0 Å². The quantitative estimate of drug-likeness (QED) is 0.643. The molecule has 0 fully saturated rings. The van der Waals surface area contributed by atoms with E-state index >= 15 is 0 Å². The van der Waals surface area contributed by atoms with E-state index in [1.807, 2.05) is 0 Å². The van der Waals surface area contributed by atoms with Gasteiger partial charge >= 0.3 is 5.97 Å². The number of carbonyl (C=O) groups is 1. The predicted molar refractivity (Wildman–Crippen MR) is 55.1 cm³/mol. The molecule has 0 aliphatic rings. The fourth-order valence-corrected chi connectivity index (χ4v) is 1.23. The summed E-state index contributed by atoms with van der Waals surface area (Å²) in [6, 6.07) is 2.84. The van der Waals surface area contributed by atoms with Gasteiger partial charge in [0, 0.05) is 6.20 Å². The average Bonchev–Trinajstić information content (AvgIpc) is 2.30. The summed E-state index contributed by atoms with van der Waals surface area (Å²) in [5, 5.41) is 17.9. The zero-order valence-electron chi connectivity index (χ0n) is 8.79. The summed E-state index contributed by atoms with van der Waals surface area (Å²) < 4.78 is 5.59. The molecule has 1 atom stereocenters. The second-order valence-corrected chi connectivity index (χ2v) is 3.21. The van der Waals surface area contributed by atoms with Gasteiger partial charge in [0.05, 0.1) is 26.4 Å². The maximum absolute atomic E-state index is 11.7. The lowest BCUT2D eigenvalue weighted by Gasteiger charge is -2.10. The first-order valence-electron chi connectivity index (χ1n) is 4.66. The first-order valence-corrected chi connectivity index (χ1v) is 4.66. The minimum absolute atomic E-state index is 0.0693. The highest BCUT2D eigenvalue weighted by Crippen LogP contribution is 1.96. The van der Waals surface area contributed by atoms with Crippen LogP contribution in [0.15, 0.2) is 23.1 Å². The van der Waals surface area contributed by atoms with E-state index in [0.29, 0.717) is 0 Å². The molecule has 0 amide bonds. The van der Waals surface area contributed by atoms with Crippen LogP contribution in [0.5, 0.6) is 0 Å². The largest absolute Gasteiger partial charge is 0.465 e. The van der Waals surface area contributed by atoms with Crippen LogP contribution < -0.4 is 5.56 Å². The van der Waals surface area contributed by atoms with Crippen LogP contribution in [-0.4, -0.2) is 40.6 Å². The molecule has 0 aliphatic carbocycles. The van der Waals surface area contributed by atoms with Gasteiger partial charge in [0.1, 0.15) is 5.56 Å². The van der Waals surface area contributed by atoms with Gasteiger partial charge in [-0.1, -0.05) is 0 Å². The number of rotatable bonds is 4. The molecule has 1 aromatic rings. The van der Waals surface area contributed by atoms with Gasteiger partial charge in [0.15, 0.2) is 0 Å². The van der Waals surface area contributed by atoms with Crippen LogP contribution in [0.3, 0.4) is 0 Å². The van der Waals surface area contributed by atoms with E-state index in [-0.39, 0.29) is 12.1 Å². The number of pyridine rings is 1. The molecule has 0 saturated heterocycles. The molecular formula is C10H13NO5. The maximum atomic E-state index is 11.7. The SMILES string of the molecule is COC(=O)c1cccn(CC(O)CO)c1=O. The van der Waals surface area contributed by atoms with Crippen LogP contribution in [0.1, 0.15) is 10.4 Å². The van der Waals surface area contributed by atoms with Gasteiger partial charge in [-0.3, -0.25) is 4.79 Å². The highest BCUT2D eigenvalue weighted by Gasteiger charge is 2.13. The van der Waals surface area contributed by atoms with Crippen molar-refractivity contribution >= 4 is 5.97 Å². The summed E-state index contributed by atoms with van der Waals surface area (Å²) in [6.45, 7) is -0.519. The molecule has 0 aliphatic heterocycles. The van der Waals surface area contributed by atoms with E-state index in [0.717, 1.165) is 4.57 Å². The summed E-state index contributed by atoms with van der Waals surface area (Å²) in [5.41, 5.74) is -0.656. The summed E-state index contributed by atoms with van der Waals surface area (Å²) in [4.78, 5) is 22.9. The van der Waals surface area contributed by atoms with Gasteiger partial charge in [0.2, 0.25) is 0 Å². The smallest absolute Gasteiger partial charge is 0.343 e. The van der Waals surface area contributed by atoms with Crippen LogP contribution in [0.2, 0.25) is 0 Å². The lowest BCUT2D eigenvalue weighted by atomic mass is 10.2. The first kappa shape index (κ1) is 12.4. The summed E-state index contributed by atoms with van der Waals surface area (Å²) >= 11 is 0. The Morgan fingerprint density at radius 1 is 1.62 bits per heavy atom. The summed E-state index contributed by atoms with van der Waals surface area (Å²) in [5.74, 6) is -0.724. The van der Waals surface area contributed by atoms with Gasteiger partial charge in [-0.2, -0.15) is 0 Å². The molecule has 0 spiro atoms. The fourth-order valence-electron chi connectivity index (χ4n) is 1.23. The Kier molecular flexibility index (Phi) is 4.21. The first-order chi connectivity index (χ1) is 7.60. The maximum Gasteiger partial charge on any atom is 0.343 e. The van der Waals surface area contributed by atoms with Crippen molar-refractivity contribution in [1.82, 2.24) is 4.57 Å². The van der Waals surface area contributed by atoms with Crippen LogP contribution in [0, 0.1) is 0 Å². The third-order valence-corrected chi connectivity index (χ3v) is 2.04. The number of aliphatic hydroxyl groups is 2. The minimum atomic E-state index is -1.04. The van der Waals surface area contributed by atoms with E-state index in [4.69, 9.17) is 5.11 Å². The number of ether oxygens (including phenoxy) is 1. The minimum Gasteiger partial charge on any atom is -0.465 e. The van der Waals surface area contributed by atoms with Crippen molar-refractivity contribution in [2.24, 2.45) is 0 Å². The van der Waals surface area contributed by atoms with Crippen LogP contribution in [-0.2, 0) is 11.3 Å². The van der Waals surface area contributed by atoms with Crippen LogP contribution in [0.4, 0.5) is 0 Å². The van der Waals surface area contributed by atoms with E-state index in [2.05, 4.69) is 4.74 Å². The Morgan fingerprint density at radius 2 is 2.31 bits per heavy atom. The number of esters is 1. The van der Waals surface area contributed by atoms with Crippen molar-refractivity contribution in [3.8, 4) is 0 Å². The highest BCUT2D eigenvalue weighted by molar-refractivity contribution is 5.88. The number of hydrogen-bond donors (Lipinski definition) is 2. The topological polar surface area (TPSA) is 88.8 Å². The molecule has 0 saturated carbocycles. The molecule has 2 N–H and O–H groups in total. The summed E-state index contributed by atoms with van der Waals surface area (Å²) in [7, 11) is 1.18. The zero-order valence-corrected chi connectivity index (χ0v) is 8.79. The fraction of sp³-hybridized carbons (Fsp3) is 0.400. The van der Waals surface area contributed by atoms with Crippen molar-refractivity contribution in [2.45, 2.75) is 12.6 Å². The van der Waals surface area contributed by atoms with Crippen molar-refractivity contribution < 1.29 is 19.7 Å². The highest BCUT2D eigenvalue weighted by atomic mass is 16.5. The van der Waals surface area contributed by atoms with E-state index < -0.39 is 24.2 Å². The van der Waals surface area contributed by atoms with Crippen LogP contribution in [0.25, 0.3) is 0 Å². The molecule has 0 bridgehead atoms. The molecule has 1 unspecified atom stereocenters. The number of aliphatic hydroxyl groups excluding tert-OH is 2. The van der Waals surface area contributed by atoms with Gasteiger partial charge < -0.3 is 19.5 Å². The standard InChI is InChI=1S/C10H13NO5/c1-16-10(15)8-3-2-4-11(9(8)14)5-7(13)6-12/h2-4,7,12-13H,5-6H2,1H3. The normalized spacial score (nSPS) is 12.2.